The molecule has 0 saturated carbocycles. The van der Waals surface area contributed by atoms with Gasteiger partial charge < -0.3 is 20.2 Å². The zero-order valence-corrected chi connectivity index (χ0v) is 18.2. The number of rotatable bonds is 6. The van der Waals surface area contributed by atoms with E-state index < -0.39 is 17.2 Å². The highest BCUT2D eigenvalue weighted by molar-refractivity contribution is 9.10. The lowest BCUT2D eigenvalue weighted by molar-refractivity contribution is -0.110. The Bertz CT molecular complexity index is 1270. The lowest BCUT2D eigenvalue weighted by Crippen LogP contribution is -2.32. The molecule has 4 rings (SSSR count). The molecule has 0 aliphatic heterocycles. The number of pyridine rings is 1. The Hall–Kier alpha value is -2.95. The number of benzene rings is 1. The molecule has 0 saturated heterocycles. The van der Waals surface area contributed by atoms with Crippen LogP contribution >= 0.6 is 15.9 Å². The standard InChI is InChI=1S/C21H18BrF2N5O2/c1-21(31-10-30-2,11-4-3-5-13(23)6-11)18-16(24)17(28-20(25)29-18)15-9-27-19-14(15)7-12(22)8-26-19/h3-9H,10H2,1-2H3,(H,26,27)(H2,25,28,29). The third kappa shape index (κ3) is 3.89. The molecule has 31 heavy (non-hydrogen) atoms. The molecular formula is C21H18BrF2N5O2. The lowest BCUT2D eigenvalue weighted by Gasteiger charge is -2.30. The first-order valence-electron chi connectivity index (χ1n) is 9.19. The molecule has 0 spiro atoms. The number of aromatic nitrogens is 4. The summed E-state index contributed by atoms with van der Waals surface area (Å²) in [5, 5.41) is 0.641. The van der Waals surface area contributed by atoms with Gasteiger partial charge in [-0.3, -0.25) is 0 Å². The second kappa shape index (κ2) is 8.29. The predicted octanol–water partition coefficient (Wildman–Crippen LogP) is 4.53. The van der Waals surface area contributed by atoms with Crippen molar-refractivity contribution in [1.29, 1.82) is 0 Å². The van der Waals surface area contributed by atoms with Crippen LogP contribution in [0.25, 0.3) is 22.3 Å². The Labute approximate surface area is 184 Å². The second-order valence-corrected chi connectivity index (χ2v) is 7.86. The summed E-state index contributed by atoms with van der Waals surface area (Å²) in [4.78, 5) is 15.5. The molecule has 1 atom stereocenters. The van der Waals surface area contributed by atoms with Gasteiger partial charge in [-0.15, -0.1) is 0 Å². The molecule has 10 heteroatoms. The van der Waals surface area contributed by atoms with Gasteiger partial charge in [0.1, 0.15) is 35.2 Å². The van der Waals surface area contributed by atoms with Gasteiger partial charge in [0.15, 0.2) is 5.82 Å². The van der Waals surface area contributed by atoms with Crippen LogP contribution in [0.4, 0.5) is 14.7 Å². The van der Waals surface area contributed by atoms with Crippen LogP contribution in [0, 0.1) is 11.6 Å². The number of nitrogens with one attached hydrogen (secondary N) is 1. The minimum absolute atomic E-state index is 0.0303. The van der Waals surface area contributed by atoms with Crippen molar-refractivity contribution in [1.82, 2.24) is 19.9 Å². The Balaban J connectivity index is 1.95. The third-order valence-corrected chi connectivity index (χ3v) is 5.35. The van der Waals surface area contributed by atoms with E-state index in [1.807, 2.05) is 0 Å². The maximum Gasteiger partial charge on any atom is 0.221 e. The van der Waals surface area contributed by atoms with Crippen molar-refractivity contribution in [2.75, 3.05) is 19.6 Å². The molecule has 0 aliphatic rings. The van der Waals surface area contributed by atoms with Crippen molar-refractivity contribution in [2.45, 2.75) is 12.5 Å². The quantitative estimate of drug-likeness (QED) is 0.386. The molecule has 3 heterocycles. The van der Waals surface area contributed by atoms with Gasteiger partial charge in [0.2, 0.25) is 5.95 Å². The van der Waals surface area contributed by atoms with E-state index in [-0.39, 0.29) is 24.1 Å². The average Bonchev–Trinajstić information content (AvgIpc) is 3.16. The maximum absolute atomic E-state index is 15.9. The van der Waals surface area contributed by atoms with Crippen molar-refractivity contribution in [3.63, 3.8) is 0 Å². The van der Waals surface area contributed by atoms with E-state index in [4.69, 9.17) is 15.2 Å². The number of nitrogen functional groups attached to an aromatic ring is 1. The number of H-pyrrole nitrogens is 1. The minimum atomic E-state index is -1.50. The molecule has 0 amide bonds. The molecule has 0 bridgehead atoms. The van der Waals surface area contributed by atoms with Gasteiger partial charge in [-0.25, -0.2) is 23.7 Å². The summed E-state index contributed by atoms with van der Waals surface area (Å²) >= 11 is 3.37. The molecule has 0 aliphatic carbocycles. The molecule has 0 radical (unpaired) electrons. The van der Waals surface area contributed by atoms with Gasteiger partial charge in [0.05, 0.1) is 0 Å². The van der Waals surface area contributed by atoms with Crippen LogP contribution in [0.2, 0.25) is 0 Å². The fraction of sp³-hybridized carbons (Fsp3) is 0.190. The van der Waals surface area contributed by atoms with Gasteiger partial charge in [-0.05, 0) is 46.6 Å². The van der Waals surface area contributed by atoms with Crippen LogP contribution in [-0.4, -0.2) is 33.8 Å². The first kappa shape index (κ1) is 21.3. The normalized spacial score (nSPS) is 13.5. The molecule has 0 fully saturated rings. The number of hydrogen-bond donors (Lipinski definition) is 2. The zero-order chi connectivity index (χ0) is 22.2. The molecule has 160 valence electrons. The van der Waals surface area contributed by atoms with Crippen LogP contribution in [0.15, 0.2) is 47.2 Å². The van der Waals surface area contributed by atoms with Crippen molar-refractivity contribution < 1.29 is 18.3 Å². The Morgan fingerprint density at radius 2 is 2.03 bits per heavy atom. The van der Waals surface area contributed by atoms with Gasteiger partial charge >= 0.3 is 0 Å². The average molecular weight is 490 g/mol. The number of aromatic amines is 1. The summed E-state index contributed by atoms with van der Waals surface area (Å²) in [6.07, 6.45) is 3.21. The number of anilines is 1. The summed E-state index contributed by atoms with van der Waals surface area (Å²) < 4.78 is 41.4. The van der Waals surface area contributed by atoms with Crippen LogP contribution in [0.3, 0.4) is 0 Å². The van der Waals surface area contributed by atoms with Crippen LogP contribution < -0.4 is 5.73 Å². The molecule has 3 aromatic heterocycles. The van der Waals surface area contributed by atoms with E-state index in [0.717, 1.165) is 4.47 Å². The van der Waals surface area contributed by atoms with Gasteiger partial charge in [-0.2, -0.15) is 0 Å². The first-order chi connectivity index (χ1) is 14.8. The monoisotopic (exact) mass is 489 g/mol. The molecule has 7 nitrogen and oxygen atoms in total. The third-order valence-electron chi connectivity index (χ3n) is 4.91. The van der Waals surface area contributed by atoms with E-state index >= 15 is 4.39 Å². The molecule has 3 N–H and O–H groups in total. The van der Waals surface area contributed by atoms with Crippen LogP contribution in [0.1, 0.15) is 18.2 Å². The van der Waals surface area contributed by atoms with E-state index in [9.17, 15) is 4.39 Å². The van der Waals surface area contributed by atoms with Gasteiger partial charge in [0, 0.05) is 34.9 Å². The van der Waals surface area contributed by atoms with E-state index in [1.54, 1.807) is 31.5 Å². The summed E-state index contributed by atoms with van der Waals surface area (Å²) in [5.41, 5.74) is 5.63. The van der Waals surface area contributed by atoms with Crippen molar-refractivity contribution in [3.05, 3.63) is 70.1 Å². The summed E-state index contributed by atoms with van der Waals surface area (Å²) in [7, 11) is 1.43. The van der Waals surface area contributed by atoms with E-state index in [2.05, 4.69) is 35.9 Å². The van der Waals surface area contributed by atoms with E-state index in [1.165, 1.54) is 25.3 Å². The number of hydrogen-bond acceptors (Lipinski definition) is 6. The zero-order valence-electron chi connectivity index (χ0n) is 16.6. The number of nitrogens with two attached hydrogens (primary N) is 1. The van der Waals surface area contributed by atoms with Gasteiger partial charge in [-0.1, -0.05) is 12.1 Å². The first-order valence-corrected chi connectivity index (χ1v) is 9.98. The molecule has 4 aromatic rings. The molecule has 1 aromatic carbocycles. The molecular weight excluding hydrogens is 472 g/mol. The number of methoxy groups -OCH3 is 1. The summed E-state index contributed by atoms with van der Waals surface area (Å²) in [5.74, 6) is -1.41. The lowest BCUT2D eigenvalue weighted by atomic mass is 9.90. The smallest absolute Gasteiger partial charge is 0.221 e. The maximum atomic E-state index is 15.9. The highest BCUT2D eigenvalue weighted by Crippen LogP contribution is 2.38. The number of fused-ring (bicyclic) bond motifs is 1. The fourth-order valence-corrected chi connectivity index (χ4v) is 3.71. The Kier molecular flexibility index (Phi) is 5.69. The van der Waals surface area contributed by atoms with E-state index in [0.29, 0.717) is 22.2 Å². The summed E-state index contributed by atoms with van der Waals surface area (Å²) in [6, 6.07) is 7.44. The molecule has 1 unspecified atom stereocenters. The summed E-state index contributed by atoms with van der Waals surface area (Å²) in [6.45, 7) is 1.39. The Morgan fingerprint density at radius 3 is 2.77 bits per heavy atom. The second-order valence-electron chi connectivity index (χ2n) is 6.94. The number of halogens is 3. The SMILES string of the molecule is COCOC(C)(c1cccc(F)c1)c1nc(N)nc(-c2c[nH]c3ncc(Br)cc23)c1F. The van der Waals surface area contributed by atoms with Gasteiger partial charge in [0.25, 0.3) is 0 Å². The largest absolute Gasteiger partial charge is 0.368 e. The van der Waals surface area contributed by atoms with Crippen molar-refractivity contribution in [2.24, 2.45) is 0 Å². The Morgan fingerprint density at radius 1 is 1.23 bits per heavy atom. The minimum Gasteiger partial charge on any atom is -0.368 e. The van der Waals surface area contributed by atoms with Crippen LogP contribution in [0.5, 0.6) is 0 Å². The topological polar surface area (TPSA) is 98.9 Å². The number of ether oxygens (including phenoxy) is 2. The van der Waals surface area contributed by atoms with Crippen molar-refractivity contribution >= 4 is 32.9 Å². The van der Waals surface area contributed by atoms with Crippen LogP contribution in [-0.2, 0) is 15.1 Å². The number of nitrogens with zero attached hydrogens (tertiary/aromatic N) is 3. The highest BCUT2D eigenvalue weighted by Gasteiger charge is 2.37. The van der Waals surface area contributed by atoms with Crippen molar-refractivity contribution in [3.8, 4) is 11.3 Å². The predicted molar refractivity (Wildman–Crippen MR) is 115 cm³/mol. The fourth-order valence-electron chi connectivity index (χ4n) is 3.38. The highest BCUT2D eigenvalue weighted by atomic mass is 79.9.